The van der Waals surface area contributed by atoms with Crippen LogP contribution in [0.5, 0.6) is 0 Å². The van der Waals surface area contributed by atoms with Crippen LogP contribution in [-0.2, 0) is 4.79 Å². The van der Waals surface area contributed by atoms with Crippen LogP contribution in [0.1, 0.15) is 23.2 Å². The van der Waals surface area contributed by atoms with Gasteiger partial charge in [-0.1, -0.05) is 48.5 Å². The minimum Gasteiger partial charge on any atom is -0.343 e. The summed E-state index contributed by atoms with van der Waals surface area (Å²) >= 11 is 0. The molecule has 6 nitrogen and oxygen atoms in total. The number of aromatic nitrogens is 2. The molecule has 1 aliphatic heterocycles. The van der Waals surface area contributed by atoms with E-state index in [1.54, 1.807) is 15.8 Å². The number of hydrogen-bond donors (Lipinski definition) is 1. The van der Waals surface area contributed by atoms with E-state index in [9.17, 15) is 9.59 Å². The molecule has 1 saturated heterocycles. The number of amides is 2. The van der Waals surface area contributed by atoms with Crippen molar-refractivity contribution in [2.45, 2.75) is 12.8 Å². The first-order valence-electron chi connectivity index (χ1n) is 9.49. The van der Waals surface area contributed by atoms with Crippen LogP contribution in [0.25, 0.3) is 16.9 Å². The largest absolute Gasteiger partial charge is 0.343 e. The molecular weight excluding hydrogens is 352 g/mol. The van der Waals surface area contributed by atoms with Gasteiger partial charge in [-0.25, -0.2) is 4.68 Å². The van der Waals surface area contributed by atoms with Gasteiger partial charge < -0.3 is 10.2 Å². The molecule has 1 N–H and O–H groups in total. The Balaban J connectivity index is 1.60. The molecule has 0 spiro atoms. The van der Waals surface area contributed by atoms with Gasteiger partial charge in [0.2, 0.25) is 5.91 Å². The maximum absolute atomic E-state index is 12.9. The van der Waals surface area contributed by atoms with Crippen LogP contribution in [0, 0.1) is 0 Å². The molecule has 142 valence electrons. The molecule has 1 aliphatic rings. The molecule has 1 aromatic heterocycles. The zero-order valence-corrected chi connectivity index (χ0v) is 15.5. The van der Waals surface area contributed by atoms with E-state index in [1.807, 2.05) is 60.7 Å². The van der Waals surface area contributed by atoms with Gasteiger partial charge in [0.1, 0.15) is 5.69 Å². The van der Waals surface area contributed by atoms with Crippen molar-refractivity contribution in [3.63, 3.8) is 0 Å². The maximum atomic E-state index is 12.9. The lowest BCUT2D eigenvalue weighted by atomic mass is 10.1. The van der Waals surface area contributed by atoms with E-state index in [0.29, 0.717) is 11.3 Å². The van der Waals surface area contributed by atoms with Gasteiger partial charge in [0.25, 0.3) is 5.91 Å². The molecule has 0 saturated carbocycles. The fraction of sp³-hybridized carbons (Fsp3) is 0.227. The van der Waals surface area contributed by atoms with Crippen LogP contribution in [0.2, 0.25) is 0 Å². The topological polar surface area (TPSA) is 67.2 Å². The Morgan fingerprint density at radius 3 is 2.25 bits per heavy atom. The lowest BCUT2D eigenvalue weighted by Gasteiger charge is -2.15. The SMILES string of the molecule is O=C(NCC(=O)N1CCCC1)c1cn(-c2ccccc2)nc1-c1ccccc1. The number of benzene rings is 2. The van der Waals surface area contributed by atoms with Gasteiger partial charge in [-0.15, -0.1) is 0 Å². The Morgan fingerprint density at radius 1 is 0.929 bits per heavy atom. The van der Waals surface area contributed by atoms with Crippen LogP contribution in [0.15, 0.2) is 66.9 Å². The molecule has 3 aromatic rings. The first kappa shape index (κ1) is 18.0. The molecule has 0 unspecified atom stereocenters. The van der Waals surface area contributed by atoms with Gasteiger partial charge in [0, 0.05) is 24.8 Å². The number of carbonyl (C=O) groups is 2. The van der Waals surface area contributed by atoms with Crippen LogP contribution < -0.4 is 5.32 Å². The number of para-hydroxylation sites is 1. The monoisotopic (exact) mass is 374 g/mol. The van der Waals surface area contributed by atoms with Gasteiger partial charge in [0.15, 0.2) is 0 Å². The first-order valence-corrected chi connectivity index (χ1v) is 9.49. The van der Waals surface area contributed by atoms with E-state index in [0.717, 1.165) is 37.2 Å². The number of hydrogen-bond acceptors (Lipinski definition) is 3. The predicted octanol–water partition coefficient (Wildman–Crippen LogP) is 2.89. The van der Waals surface area contributed by atoms with Gasteiger partial charge in [-0.3, -0.25) is 9.59 Å². The van der Waals surface area contributed by atoms with Gasteiger partial charge in [0.05, 0.1) is 17.8 Å². The van der Waals surface area contributed by atoms with Crippen LogP contribution in [0.4, 0.5) is 0 Å². The summed E-state index contributed by atoms with van der Waals surface area (Å²) in [5.74, 6) is -0.337. The summed E-state index contributed by atoms with van der Waals surface area (Å²) in [6.07, 6.45) is 3.77. The molecule has 0 atom stereocenters. The normalized spacial score (nSPS) is 13.5. The second-order valence-corrected chi connectivity index (χ2v) is 6.81. The maximum Gasteiger partial charge on any atom is 0.255 e. The fourth-order valence-corrected chi connectivity index (χ4v) is 3.39. The average Bonchev–Trinajstić information content (AvgIpc) is 3.43. The molecule has 1 fully saturated rings. The highest BCUT2D eigenvalue weighted by Crippen LogP contribution is 2.23. The summed E-state index contributed by atoms with van der Waals surface area (Å²) < 4.78 is 1.69. The lowest BCUT2D eigenvalue weighted by molar-refractivity contribution is -0.129. The summed E-state index contributed by atoms with van der Waals surface area (Å²) in [5, 5.41) is 7.40. The smallest absolute Gasteiger partial charge is 0.255 e. The molecule has 0 radical (unpaired) electrons. The molecule has 2 aromatic carbocycles. The second-order valence-electron chi connectivity index (χ2n) is 6.81. The molecular formula is C22H22N4O2. The molecule has 6 heteroatoms. The summed E-state index contributed by atoms with van der Waals surface area (Å²) in [5.41, 5.74) is 2.76. The zero-order valence-electron chi connectivity index (χ0n) is 15.5. The number of likely N-dealkylation sites (tertiary alicyclic amines) is 1. The number of carbonyl (C=O) groups excluding carboxylic acids is 2. The quantitative estimate of drug-likeness (QED) is 0.747. The number of nitrogens with zero attached hydrogens (tertiary/aromatic N) is 3. The van der Waals surface area contributed by atoms with Gasteiger partial charge >= 0.3 is 0 Å². The van der Waals surface area contributed by atoms with Gasteiger partial charge in [-0.05, 0) is 25.0 Å². The third-order valence-corrected chi connectivity index (χ3v) is 4.89. The van der Waals surface area contributed by atoms with E-state index < -0.39 is 0 Å². The third-order valence-electron chi connectivity index (χ3n) is 4.89. The Morgan fingerprint density at radius 2 is 1.57 bits per heavy atom. The van der Waals surface area contributed by atoms with E-state index in [1.165, 1.54) is 0 Å². The van der Waals surface area contributed by atoms with Gasteiger partial charge in [-0.2, -0.15) is 5.10 Å². The van der Waals surface area contributed by atoms with Crippen molar-refractivity contribution in [3.8, 4) is 16.9 Å². The van der Waals surface area contributed by atoms with Crippen LogP contribution >= 0.6 is 0 Å². The molecule has 2 amide bonds. The molecule has 2 heterocycles. The Kier molecular flexibility index (Phi) is 5.19. The Labute approximate surface area is 163 Å². The van der Waals surface area contributed by atoms with Crippen molar-refractivity contribution in [2.75, 3.05) is 19.6 Å². The summed E-state index contributed by atoms with van der Waals surface area (Å²) in [7, 11) is 0. The molecule has 4 rings (SSSR count). The summed E-state index contributed by atoms with van der Waals surface area (Å²) in [4.78, 5) is 26.9. The summed E-state index contributed by atoms with van der Waals surface area (Å²) in [6.45, 7) is 1.55. The zero-order chi connectivity index (χ0) is 19.3. The predicted molar refractivity (Wildman–Crippen MR) is 107 cm³/mol. The van der Waals surface area contributed by atoms with Crippen molar-refractivity contribution in [1.82, 2.24) is 20.0 Å². The highest BCUT2D eigenvalue weighted by Gasteiger charge is 2.21. The van der Waals surface area contributed by atoms with E-state index in [2.05, 4.69) is 10.4 Å². The number of nitrogens with one attached hydrogen (secondary N) is 1. The Hall–Kier alpha value is -3.41. The fourth-order valence-electron chi connectivity index (χ4n) is 3.39. The van der Waals surface area contributed by atoms with Crippen molar-refractivity contribution < 1.29 is 9.59 Å². The van der Waals surface area contributed by atoms with Crippen LogP contribution in [-0.4, -0.2) is 46.1 Å². The minimum absolute atomic E-state index is 0.00355. The lowest BCUT2D eigenvalue weighted by Crippen LogP contribution is -2.38. The minimum atomic E-state index is -0.298. The molecule has 0 aliphatic carbocycles. The first-order chi connectivity index (χ1) is 13.7. The van der Waals surface area contributed by atoms with Crippen molar-refractivity contribution in [2.24, 2.45) is 0 Å². The average molecular weight is 374 g/mol. The standard InChI is InChI=1S/C22H22N4O2/c27-20(25-13-7-8-14-25)15-23-22(28)19-16-26(18-11-5-2-6-12-18)24-21(19)17-9-3-1-4-10-17/h1-6,9-12,16H,7-8,13-15H2,(H,23,28). The third kappa shape index (κ3) is 3.81. The second kappa shape index (κ2) is 8.08. The highest BCUT2D eigenvalue weighted by atomic mass is 16.2. The Bertz CT molecular complexity index is 961. The molecule has 0 bridgehead atoms. The van der Waals surface area contributed by atoms with E-state index >= 15 is 0 Å². The van der Waals surface area contributed by atoms with E-state index in [-0.39, 0.29) is 18.4 Å². The van der Waals surface area contributed by atoms with Crippen molar-refractivity contribution >= 4 is 11.8 Å². The highest BCUT2D eigenvalue weighted by molar-refractivity contribution is 6.01. The number of rotatable bonds is 5. The van der Waals surface area contributed by atoms with Crippen molar-refractivity contribution in [1.29, 1.82) is 0 Å². The molecule has 28 heavy (non-hydrogen) atoms. The van der Waals surface area contributed by atoms with Crippen molar-refractivity contribution in [3.05, 3.63) is 72.4 Å². The van der Waals surface area contributed by atoms with E-state index in [4.69, 9.17) is 0 Å². The summed E-state index contributed by atoms with van der Waals surface area (Å²) in [6, 6.07) is 19.2. The van der Waals surface area contributed by atoms with Crippen LogP contribution in [0.3, 0.4) is 0 Å².